The molecule has 0 saturated carbocycles. The Bertz CT molecular complexity index is 656. The lowest BCUT2D eigenvalue weighted by molar-refractivity contribution is -0.355. The van der Waals surface area contributed by atoms with Crippen molar-refractivity contribution in [2.45, 2.75) is 19.8 Å². The number of halogens is 2. The molecule has 1 aromatic heterocycles. The van der Waals surface area contributed by atoms with Crippen molar-refractivity contribution < 1.29 is 17.9 Å². The lowest BCUT2D eigenvalue weighted by Gasteiger charge is -2.29. The Balaban J connectivity index is 2.06. The van der Waals surface area contributed by atoms with Crippen LogP contribution in [0.25, 0.3) is 6.08 Å². The Kier molecular flexibility index (Phi) is 2.55. The first-order valence-corrected chi connectivity index (χ1v) is 6.24. The van der Waals surface area contributed by atoms with Crippen LogP contribution in [0.2, 0.25) is 0 Å². The van der Waals surface area contributed by atoms with Crippen LogP contribution < -0.4 is 0 Å². The number of ketones is 1. The van der Waals surface area contributed by atoms with Gasteiger partial charge in [0.05, 0.1) is 0 Å². The number of aromatic nitrogens is 1. The van der Waals surface area contributed by atoms with Crippen LogP contribution in [0.4, 0.5) is 8.63 Å². The van der Waals surface area contributed by atoms with E-state index in [4.69, 9.17) is 0 Å². The number of carbonyl (C=O) groups excluding carboxylic acids is 1. The number of aryl methyl sites for hydroxylation is 1. The fraction of sp³-hybridized carbons (Fsp3) is 0.231. The molecule has 3 heterocycles. The summed E-state index contributed by atoms with van der Waals surface area (Å²) in [4.78, 5) is 11.0. The molecule has 19 heavy (non-hydrogen) atoms. The highest BCUT2D eigenvalue weighted by Gasteiger charge is 2.50. The lowest BCUT2D eigenvalue weighted by Crippen LogP contribution is -2.49. The number of allylic oxidation sites excluding steroid dienone is 2. The number of rotatable bonds is 3. The molecule has 0 unspecified atom stereocenters. The zero-order chi connectivity index (χ0) is 13.6. The zero-order valence-electron chi connectivity index (χ0n) is 10.5. The number of hydrogen-bond donors (Lipinski definition) is 0. The highest BCUT2D eigenvalue weighted by Crippen LogP contribution is 2.31. The average molecular weight is 262 g/mol. The lowest BCUT2D eigenvalue weighted by atomic mass is 9.91. The predicted molar refractivity (Wildman–Crippen MR) is 70.2 cm³/mol. The Morgan fingerprint density at radius 2 is 2.21 bits per heavy atom. The van der Waals surface area contributed by atoms with E-state index in [1.807, 2.05) is 0 Å². The number of carbonyl (C=O) groups is 1. The highest BCUT2D eigenvalue weighted by atomic mass is 19.2. The predicted octanol–water partition coefficient (Wildman–Crippen LogP) is 2.24. The summed E-state index contributed by atoms with van der Waals surface area (Å²) in [6.45, 7) is -2.39. The largest absolute Gasteiger partial charge is 0.737 e. The smallest absolute Gasteiger partial charge is 0.394 e. The van der Waals surface area contributed by atoms with Crippen LogP contribution in [-0.2, 0) is 11.2 Å². The van der Waals surface area contributed by atoms with Crippen molar-refractivity contribution in [3.05, 3.63) is 41.4 Å². The molecule has 1 aromatic rings. The van der Waals surface area contributed by atoms with Crippen molar-refractivity contribution in [2.24, 2.45) is 0 Å². The fourth-order valence-electron chi connectivity index (χ4n) is 2.60. The van der Waals surface area contributed by atoms with Gasteiger partial charge in [0.1, 0.15) is 12.0 Å². The third kappa shape index (κ3) is 1.78. The van der Waals surface area contributed by atoms with Gasteiger partial charge in [-0.3, -0.25) is 0 Å². The molecular weight excluding hydrogens is 249 g/mol. The van der Waals surface area contributed by atoms with Gasteiger partial charge in [0.25, 0.3) is 0 Å². The molecule has 0 saturated heterocycles. The maximum atomic E-state index is 14.5. The molecule has 2 aliphatic heterocycles. The van der Waals surface area contributed by atoms with E-state index in [-0.39, 0.29) is 12.2 Å². The fourth-order valence-corrected chi connectivity index (χ4v) is 2.60. The Morgan fingerprint density at radius 1 is 1.42 bits per heavy atom. The van der Waals surface area contributed by atoms with Crippen LogP contribution in [-0.4, -0.2) is 27.9 Å². The molecule has 0 fully saturated rings. The normalized spacial score (nSPS) is 18.7. The quantitative estimate of drug-likeness (QED) is 0.767. The summed E-state index contributed by atoms with van der Waals surface area (Å²) >= 11 is 0. The number of nitrogens with zero attached hydrogens (tertiary/aromatic N) is 2. The monoisotopic (exact) mass is 262 g/mol. The van der Waals surface area contributed by atoms with Gasteiger partial charge in [0.2, 0.25) is 0 Å². The van der Waals surface area contributed by atoms with E-state index < -0.39 is 6.97 Å². The SMILES string of the molecule is CC(=O)CCc1ccc2n1[B-](F)(F)[N+]1=CC=CC1=C2. The van der Waals surface area contributed by atoms with E-state index in [1.165, 1.54) is 13.1 Å². The van der Waals surface area contributed by atoms with Crippen LogP contribution in [0, 0.1) is 0 Å². The third-order valence-corrected chi connectivity index (χ3v) is 3.52. The van der Waals surface area contributed by atoms with Gasteiger partial charge in [-0.1, -0.05) is 0 Å². The standard InChI is InChI=1S/C13H13BF2N2O/c1-10(19)4-5-11-6-7-13-9-12-3-2-8-17(12)14(15,16)18(11)13/h2-3,6-9H,4-5H2,1H3. The van der Waals surface area contributed by atoms with Gasteiger partial charge < -0.3 is 22.4 Å². The molecule has 2 aliphatic rings. The van der Waals surface area contributed by atoms with E-state index in [9.17, 15) is 13.4 Å². The average Bonchev–Trinajstić information content (AvgIpc) is 2.93. The second-order valence-corrected chi connectivity index (χ2v) is 4.89. The molecule has 0 bridgehead atoms. The van der Waals surface area contributed by atoms with E-state index in [0.717, 1.165) is 8.96 Å². The van der Waals surface area contributed by atoms with Gasteiger partial charge in [-0.15, -0.1) is 0 Å². The highest BCUT2D eigenvalue weighted by molar-refractivity contribution is 6.57. The minimum absolute atomic E-state index is 0.00723. The van der Waals surface area contributed by atoms with Crippen LogP contribution in [0.3, 0.4) is 0 Å². The van der Waals surface area contributed by atoms with Crippen LogP contribution in [0.5, 0.6) is 0 Å². The van der Waals surface area contributed by atoms with Gasteiger partial charge in [-0.05, 0) is 31.2 Å². The van der Waals surface area contributed by atoms with Crippen LogP contribution in [0.15, 0.2) is 30.0 Å². The number of hydrogen-bond acceptors (Lipinski definition) is 1. The summed E-state index contributed by atoms with van der Waals surface area (Å²) in [6.07, 6.45) is 7.04. The molecular formula is C13H13BF2N2O. The van der Waals surface area contributed by atoms with Gasteiger partial charge >= 0.3 is 6.97 Å². The molecule has 0 aromatic carbocycles. The summed E-state index contributed by atoms with van der Waals surface area (Å²) < 4.78 is 31.1. The summed E-state index contributed by atoms with van der Waals surface area (Å²) in [5.74, 6) is 0.00723. The van der Waals surface area contributed by atoms with Crippen molar-refractivity contribution in [3.8, 4) is 0 Å². The zero-order valence-corrected chi connectivity index (χ0v) is 10.5. The van der Waals surface area contributed by atoms with Gasteiger partial charge in [0.15, 0.2) is 5.70 Å². The van der Waals surface area contributed by atoms with E-state index in [0.29, 0.717) is 23.5 Å². The Labute approximate surface area is 109 Å². The second kappa shape index (κ2) is 4.01. The Hall–Kier alpha value is -1.98. The summed E-state index contributed by atoms with van der Waals surface area (Å²) in [5, 5.41) is 0. The Morgan fingerprint density at radius 3 is 2.95 bits per heavy atom. The summed E-state index contributed by atoms with van der Waals surface area (Å²) in [5.41, 5.74) is 1.51. The molecule has 6 heteroatoms. The first-order valence-electron chi connectivity index (χ1n) is 6.24. The molecule has 0 atom stereocenters. The van der Waals surface area contributed by atoms with Crippen LogP contribution >= 0.6 is 0 Å². The molecule has 3 nitrogen and oxygen atoms in total. The number of Topliss-reactive ketones (excluding diaryl/α,β-unsaturated/α-hetero) is 1. The molecule has 0 radical (unpaired) electrons. The van der Waals surface area contributed by atoms with Crippen molar-refractivity contribution in [2.75, 3.05) is 0 Å². The summed E-state index contributed by atoms with van der Waals surface area (Å²) in [7, 11) is 0. The van der Waals surface area contributed by atoms with Gasteiger partial charge in [-0.2, -0.15) is 0 Å². The van der Waals surface area contributed by atoms with E-state index in [2.05, 4.69) is 0 Å². The van der Waals surface area contributed by atoms with Crippen molar-refractivity contribution in [3.63, 3.8) is 0 Å². The van der Waals surface area contributed by atoms with Crippen LogP contribution in [0.1, 0.15) is 24.7 Å². The molecule has 0 aliphatic carbocycles. The van der Waals surface area contributed by atoms with Crippen molar-refractivity contribution >= 4 is 25.0 Å². The molecule has 0 N–H and O–H groups in total. The first-order chi connectivity index (χ1) is 9.00. The molecule has 0 spiro atoms. The second-order valence-electron chi connectivity index (χ2n) is 4.89. The number of fused-ring (bicyclic) bond motifs is 2. The van der Waals surface area contributed by atoms with Gasteiger partial charge in [0, 0.05) is 30.3 Å². The summed E-state index contributed by atoms with van der Waals surface area (Å²) in [6, 6.07) is 3.36. The molecule has 3 rings (SSSR count). The first kappa shape index (κ1) is 12.1. The van der Waals surface area contributed by atoms with E-state index >= 15 is 0 Å². The van der Waals surface area contributed by atoms with Gasteiger partial charge in [-0.25, -0.2) is 0 Å². The maximum absolute atomic E-state index is 14.5. The molecule has 98 valence electrons. The minimum atomic E-state index is -3.86. The van der Waals surface area contributed by atoms with E-state index in [1.54, 1.807) is 30.4 Å². The molecule has 0 amide bonds. The van der Waals surface area contributed by atoms with Crippen molar-refractivity contribution in [1.82, 2.24) is 4.48 Å². The minimum Gasteiger partial charge on any atom is -0.394 e. The third-order valence-electron chi connectivity index (χ3n) is 3.52. The topological polar surface area (TPSA) is 25.0 Å². The maximum Gasteiger partial charge on any atom is 0.737 e. The van der Waals surface area contributed by atoms with Crippen molar-refractivity contribution in [1.29, 1.82) is 0 Å².